The fourth-order valence-corrected chi connectivity index (χ4v) is 3.78. The molecule has 174 valence electrons. The van der Waals surface area contributed by atoms with Crippen LogP contribution in [-0.2, 0) is 9.59 Å². The zero-order valence-electron chi connectivity index (χ0n) is 16.8. The molecule has 2 heterocycles. The van der Waals surface area contributed by atoms with Gasteiger partial charge in [0.2, 0.25) is 0 Å². The van der Waals surface area contributed by atoms with E-state index >= 15 is 0 Å². The monoisotopic (exact) mass is 478 g/mol. The van der Waals surface area contributed by atoms with Crippen LogP contribution in [0.2, 0.25) is 0 Å². The molecule has 1 atom stereocenters. The van der Waals surface area contributed by atoms with Crippen molar-refractivity contribution in [2.24, 2.45) is 0 Å². The summed E-state index contributed by atoms with van der Waals surface area (Å²) in [5.74, 6) is -1.86. The third kappa shape index (κ3) is 4.59. The van der Waals surface area contributed by atoms with Crippen molar-refractivity contribution in [3.8, 4) is 0 Å². The van der Waals surface area contributed by atoms with E-state index < -0.39 is 33.0 Å². The number of H-pyrrole nitrogens is 1. The van der Waals surface area contributed by atoms with Gasteiger partial charge >= 0.3 is 22.0 Å². The Morgan fingerprint density at radius 2 is 1.78 bits per heavy atom. The minimum atomic E-state index is -9.81. The van der Waals surface area contributed by atoms with Gasteiger partial charge in [-0.1, -0.05) is 31.6 Å². The van der Waals surface area contributed by atoms with Crippen LogP contribution in [0.25, 0.3) is 10.9 Å². The molecule has 0 radical (unpaired) electrons. The first-order valence-electron chi connectivity index (χ1n) is 9.16. The smallest absolute Gasteiger partial charge is 0.314 e. The number of likely N-dealkylation sites (N-methyl/N-ethyl adjacent to an activating group) is 1. The maximum atomic E-state index is 12.9. The predicted octanol–water partition coefficient (Wildman–Crippen LogP) is 4.75. The van der Waals surface area contributed by atoms with Gasteiger partial charge in [-0.25, -0.2) is 4.98 Å². The van der Waals surface area contributed by atoms with Crippen LogP contribution in [0, 0.1) is 0 Å². The summed E-state index contributed by atoms with van der Waals surface area (Å²) < 4.78 is 64.6. The van der Waals surface area contributed by atoms with Crippen molar-refractivity contribution in [1.82, 2.24) is 20.1 Å². The van der Waals surface area contributed by atoms with Gasteiger partial charge < -0.3 is 16.0 Å². The molecule has 14 heteroatoms. The normalized spacial score (nSPS) is 15.0. The zero-order valence-corrected chi connectivity index (χ0v) is 17.6. The number of aromatic amines is 1. The molecule has 3 aromatic rings. The number of nitrogens with two attached hydrogens (primary N) is 1. The lowest BCUT2D eigenvalue weighted by Gasteiger charge is -2.40. The number of halogens is 5. The molecule has 4 N–H and O–H groups in total. The average molecular weight is 478 g/mol. The summed E-state index contributed by atoms with van der Waals surface area (Å²) in [5, 5.41) is 9.26. The molecule has 0 aliphatic rings. The first kappa shape index (κ1) is 23.2. The van der Waals surface area contributed by atoms with Crippen molar-refractivity contribution in [2.75, 3.05) is 17.6 Å². The van der Waals surface area contributed by atoms with E-state index in [0.29, 0.717) is 10.9 Å². The van der Waals surface area contributed by atoms with Gasteiger partial charge in [-0.05, 0) is 31.5 Å². The highest BCUT2D eigenvalue weighted by Crippen LogP contribution is 3.02. The van der Waals surface area contributed by atoms with Gasteiger partial charge in [-0.3, -0.25) is 14.7 Å². The topological polar surface area (TPSA) is 117 Å². The number of fused-ring (bicyclic) bond motifs is 1. The molecule has 0 spiro atoms. The Labute approximate surface area is 178 Å². The molecule has 3 rings (SSSR count). The van der Waals surface area contributed by atoms with Crippen molar-refractivity contribution < 1.29 is 29.0 Å². The Bertz CT molecular complexity index is 1200. The second kappa shape index (κ2) is 7.05. The molecule has 1 aromatic carbocycles. The lowest BCUT2D eigenvalue weighted by atomic mass is 10.1. The van der Waals surface area contributed by atoms with Crippen molar-refractivity contribution in [2.45, 2.75) is 24.8 Å². The second-order valence-corrected chi connectivity index (χ2v) is 9.38. The number of nitrogens with one attached hydrogen (secondary N) is 2. The Balaban J connectivity index is 1.81. The van der Waals surface area contributed by atoms with E-state index in [2.05, 4.69) is 20.5 Å². The number of carbonyl (C=O) groups excluding carboxylic acids is 2. The van der Waals surface area contributed by atoms with Crippen molar-refractivity contribution in [3.63, 3.8) is 0 Å². The third-order valence-corrected chi connectivity index (χ3v) is 6.00. The number of rotatable bonds is 5. The SMILES string of the molecule is CCN(C(=O)C(=O)Nc1cnc(N)c2cn[nH]c12)C(C)c1ccc(S(F)(F)(F)(F)F)cc1. The molecule has 0 aliphatic carbocycles. The average Bonchev–Trinajstić information content (AvgIpc) is 3.20. The number of amides is 2. The van der Waals surface area contributed by atoms with Gasteiger partial charge in [0, 0.05) is 6.54 Å². The van der Waals surface area contributed by atoms with Crippen molar-refractivity contribution in [1.29, 1.82) is 0 Å². The highest BCUT2D eigenvalue weighted by Gasteiger charge is 2.65. The number of anilines is 2. The van der Waals surface area contributed by atoms with Gasteiger partial charge in [-0.2, -0.15) is 5.10 Å². The number of aromatic nitrogens is 3. The van der Waals surface area contributed by atoms with Crippen molar-refractivity contribution >= 4 is 44.4 Å². The quantitative estimate of drug-likeness (QED) is 0.362. The highest BCUT2D eigenvalue weighted by atomic mass is 32.5. The van der Waals surface area contributed by atoms with Crippen LogP contribution in [0.5, 0.6) is 0 Å². The Kier molecular flexibility index (Phi) is 5.12. The fraction of sp³-hybridized carbons (Fsp3) is 0.222. The maximum absolute atomic E-state index is 12.9. The molecular formula is C18H19F5N6O2S. The van der Waals surface area contributed by atoms with E-state index in [0.717, 1.165) is 17.0 Å². The lowest BCUT2D eigenvalue weighted by Crippen LogP contribution is -2.41. The first-order valence-corrected chi connectivity index (χ1v) is 11.1. The number of hydrogen-bond donors (Lipinski definition) is 3. The van der Waals surface area contributed by atoms with Crippen LogP contribution in [0.15, 0.2) is 41.6 Å². The first-order chi connectivity index (χ1) is 14.6. The van der Waals surface area contributed by atoms with Gasteiger partial charge in [0.05, 0.1) is 35.0 Å². The molecule has 2 amide bonds. The molecular weight excluding hydrogens is 459 g/mol. The molecule has 0 bridgehead atoms. The number of nitrogen functional groups attached to an aromatic ring is 1. The minimum Gasteiger partial charge on any atom is -0.383 e. The summed E-state index contributed by atoms with van der Waals surface area (Å²) in [7, 11) is -9.81. The summed E-state index contributed by atoms with van der Waals surface area (Å²) in [5.41, 5.74) is 6.35. The molecule has 32 heavy (non-hydrogen) atoms. The van der Waals surface area contributed by atoms with Crippen molar-refractivity contribution in [3.05, 3.63) is 42.2 Å². The van der Waals surface area contributed by atoms with E-state index in [4.69, 9.17) is 5.73 Å². The molecule has 0 saturated heterocycles. The van der Waals surface area contributed by atoms with Crippen LogP contribution < -0.4 is 11.1 Å². The Morgan fingerprint density at radius 3 is 2.34 bits per heavy atom. The predicted molar refractivity (Wildman–Crippen MR) is 111 cm³/mol. The summed E-state index contributed by atoms with van der Waals surface area (Å²) in [6, 6.07) is 1.36. The van der Waals surface area contributed by atoms with Gasteiger partial charge in [0.1, 0.15) is 10.7 Å². The second-order valence-electron chi connectivity index (χ2n) is 6.98. The molecule has 2 aromatic heterocycles. The van der Waals surface area contributed by atoms with E-state index in [9.17, 15) is 29.0 Å². The van der Waals surface area contributed by atoms with Crippen LogP contribution in [0.1, 0.15) is 25.5 Å². The number of carbonyl (C=O) groups is 2. The molecule has 8 nitrogen and oxygen atoms in total. The van der Waals surface area contributed by atoms with E-state index in [1.165, 1.54) is 19.3 Å². The molecule has 0 aliphatic heterocycles. The summed E-state index contributed by atoms with van der Waals surface area (Å²) in [4.78, 5) is 28.2. The molecule has 1 unspecified atom stereocenters. The van der Waals surface area contributed by atoms with Gasteiger partial charge in [-0.15, -0.1) is 0 Å². The summed E-state index contributed by atoms with van der Waals surface area (Å²) in [6.45, 7) is 3.04. The Hall–Kier alpha value is -3.42. The maximum Gasteiger partial charge on any atom is 0.314 e. The van der Waals surface area contributed by atoms with Crippen LogP contribution in [0.3, 0.4) is 0 Å². The van der Waals surface area contributed by atoms with Gasteiger partial charge in [0.15, 0.2) is 0 Å². The minimum absolute atomic E-state index is 0.0240. The number of hydrogen-bond acceptors (Lipinski definition) is 5. The fourth-order valence-electron chi connectivity index (χ4n) is 3.13. The largest absolute Gasteiger partial charge is 0.383 e. The van der Waals surface area contributed by atoms with E-state index in [1.54, 1.807) is 6.92 Å². The highest BCUT2D eigenvalue weighted by molar-refractivity contribution is 8.45. The number of pyridine rings is 1. The van der Waals surface area contributed by atoms with Gasteiger partial charge in [0.25, 0.3) is 0 Å². The zero-order chi connectivity index (χ0) is 24.0. The Morgan fingerprint density at radius 1 is 1.16 bits per heavy atom. The van der Waals surface area contributed by atoms with Crippen LogP contribution >= 0.6 is 10.2 Å². The van der Waals surface area contributed by atoms with Crippen LogP contribution in [0.4, 0.5) is 30.9 Å². The standard InChI is InChI=1S/C18H19F5N6O2S/c1-3-29(10(2)11-4-6-12(7-5-11)32(19,20,21,22)23)18(31)17(30)27-14-9-25-16(24)13-8-26-28-15(13)14/h4-10H,3H2,1-2H3,(H2,24,25)(H,26,28)(H,27,30). The molecule has 0 saturated carbocycles. The number of nitrogens with zero attached hydrogens (tertiary/aromatic N) is 3. The van der Waals surface area contributed by atoms with E-state index in [-0.39, 0.29) is 35.7 Å². The summed E-state index contributed by atoms with van der Waals surface area (Å²) in [6.07, 6.45) is 2.63. The van der Waals surface area contributed by atoms with E-state index in [1.807, 2.05) is 0 Å². The lowest BCUT2D eigenvalue weighted by molar-refractivity contribution is -0.144. The number of benzene rings is 1. The summed E-state index contributed by atoms with van der Waals surface area (Å²) >= 11 is 0. The third-order valence-electron chi connectivity index (χ3n) is 4.84. The van der Waals surface area contributed by atoms with Crippen LogP contribution in [-0.4, -0.2) is 38.4 Å². The molecule has 0 fully saturated rings.